The monoisotopic (exact) mass is 348 g/mol. The maximum absolute atomic E-state index is 12.4. The molecule has 0 atom stereocenters. The number of amides is 1. The minimum Gasteiger partial charge on any atom is -0.424 e. The SMILES string of the molecule is CC(C)c1nnc(CN2CCN(Cc3ccc(Cl)cc3)C(=O)C2)o1. The highest BCUT2D eigenvalue weighted by Crippen LogP contribution is 2.16. The van der Waals surface area contributed by atoms with Crippen LogP contribution in [0.1, 0.15) is 37.1 Å². The van der Waals surface area contributed by atoms with Crippen molar-refractivity contribution in [1.82, 2.24) is 20.0 Å². The van der Waals surface area contributed by atoms with Crippen LogP contribution in [0.4, 0.5) is 0 Å². The zero-order chi connectivity index (χ0) is 17.1. The van der Waals surface area contributed by atoms with Gasteiger partial charge in [0.15, 0.2) is 0 Å². The van der Waals surface area contributed by atoms with E-state index in [1.165, 1.54) is 0 Å². The van der Waals surface area contributed by atoms with Crippen LogP contribution in [0, 0.1) is 0 Å². The number of piperazine rings is 1. The van der Waals surface area contributed by atoms with E-state index in [0.29, 0.717) is 43.0 Å². The van der Waals surface area contributed by atoms with E-state index in [2.05, 4.69) is 10.2 Å². The number of nitrogens with zero attached hydrogens (tertiary/aromatic N) is 4. The molecule has 128 valence electrons. The summed E-state index contributed by atoms with van der Waals surface area (Å²) in [7, 11) is 0. The molecule has 0 aliphatic carbocycles. The molecule has 1 amide bonds. The Balaban J connectivity index is 1.54. The van der Waals surface area contributed by atoms with E-state index in [4.69, 9.17) is 16.0 Å². The number of aromatic nitrogens is 2. The minimum absolute atomic E-state index is 0.111. The van der Waals surface area contributed by atoms with Crippen LogP contribution in [0.5, 0.6) is 0 Å². The van der Waals surface area contributed by atoms with Crippen LogP contribution in [0.15, 0.2) is 28.7 Å². The van der Waals surface area contributed by atoms with E-state index in [1.54, 1.807) is 0 Å². The summed E-state index contributed by atoms with van der Waals surface area (Å²) >= 11 is 5.89. The second-order valence-electron chi connectivity index (χ2n) is 6.34. The fourth-order valence-corrected chi connectivity index (χ4v) is 2.75. The third kappa shape index (κ3) is 4.13. The molecule has 1 fully saturated rings. The summed E-state index contributed by atoms with van der Waals surface area (Å²) in [5, 5.41) is 8.79. The van der Waals surface area contributed by atoms with Gasteiger partial charge >= 0.3 is 0 Å². The van der Waals surface area contributed by atoms with Crippen molar-refractivity contribution in [3.05, 3.63) is 46.6 Å². The standard InChI is InChI=1S/C17H21ClN4O2/c1-12(2)17-20-19-15(24-17)10-21-7-8-22(16(23)11-21)9-13-3-5-14(18)6-4-13/h3-6,12H,7-11H2,1-2H3. The first-order valence-corrected chi connectivity index (χ1v) is 8.46. The van der Waals surface area contributed by atoms with Gasteiger partial charge in [-0.05, 0) is 17.7 Å². The lowest BCUT2D eigenvalue weighted by atomic mass is 10.2. The van der Waals surface area contributed by atoms with Crippen molar-refractivity contribution in [2.45, 2.75) is 32.9 Å². The number of hydrogen-bond acceptors (Lipinski definition) is 5. The van der Waals surface area contributed by atoms with Gasteiger partial charge in [-0.25, -0.2) is 0 Å². The smallest absolute Gasteiger partial charge is 0.237 e. The van der Waals surface area contributed by atoms with Crippen LogP contribution in [-0.4, -0.2) is 45.5 Å². The van der Waals surface area contributed by atoms with Gasteiger partial charge < -0.3 is 9.32 Å². The largest absolute Gasteiger partial charge is 0.424 e. The third-order valence-electron chi connectivity index (χ3n) is 4.02. The van der Waals surface area contributed by atoms with Crippen LogP contribution in [0.25, 0.3) is 0 Å². The highest BCUT2D eigenvalue weighted by molar-refractivity contribution is 6.30. The van der Waals surface area contributed by atoms with Gasteiger partial charge in [0, 0.05) is 30.6 Å². The van der Waals surface area contributed by atoms with E-state index in [1.807, 2.05) is 47.9 Å². The van der Waals surface area contributed by atoms with Gasteiger partial charge in [0.2, 0.25) is 17.7 Å². The molecule has 0 spiro atoms. The molecular formula is C17H21ClN4O2. The minimum atomic E-state index is 0.111. The van der Waals surface area contributed by atoms with Gasteiger partial charge in [0.05, 0.1) is 13.1 Å². The van der Waals surface area contributed by atoms with Crippen LogP contribution < -0.4 is 0 Å². The number of hydrogen-bond donors (Lipinski definition) is 0. The Labute approximate surface area is 146 Å². The zero-order valence-corrected chi connectivity index (χ0v) is 14.7. The molecule has 0 saturated carbocycles. The molecule has 0 unspecified atom stereocenters. The molecule has 1 aromatic carbocycles. The summed E-state index contributed by atoms with van der Waals surface area (Å²) in [5.41, 5.74) is 1.08. The Morgan fingerprint density at radius 2 is 1.92 bits per heavy atom. The van der Waals surface area contributed by atoms with E-state index in [-0.39, 0.29) is 11.8 Å². The predicted molar refractivity (Wildman–Crippen MR) is 90.5 cm³/mol. The third-order valence-corrected chi connectivity index (χ3v) is 4.27. The number of carbonyl (C=O) groups is 1. The maximum Gasteiger partial charge on any atom is 0.237 e. The number of rotatable bonds is 5. The number of halogens is 1. The summed E-state index contributed by atoms with van der Waals surface area (Å²) < 4.78 is 5.62. The molecule has 7 heteroatoms. The van der Waals surface area contributed by atoms with Crippen molar-refractivity contribution in [3.8, 4) is 0 Å². The molecule has 1 saturated heterocycles. The predicted octanol–water partition coefficient (Wildman–Crippen LogP) is 2.69. The molecule has 1 aromatic heterocycles. The van der Waals surface area contributed by atoms with Crippen molar-refractivity contribution in [1.29, 1.82) is 0 Å². The molecule has 24 heavy (non-hydrogen) atoms. The summed E-state index contributed by atoms with van der Waals surface area (Å²) in [6.45, 7) is 6.99. The zero-order valence-electron chi connectivity index (χ0n) is 13.9. The van der Waals surface area contributed by atoms with Gasteiger partial charge in [-0.2, -0.15) is 0 Å². The summed E-state index contributed by atoms with van der Waals surface area (Å²) in [5.74, 6) is 1.53. The first kappa shape index (κ1) is 16.9. The van der Waals surface area contributed by atoms with E-state index in [9.17, 15) is 4.79 Å². The Morgan fingerprint density at radius 1 is 1.17 bits per heavy atom. The molecule has 0 N–H and O–H groups in total. The Hall–Kier alpha value is -1.92. The lowest BCUT2D eigenvalue weighted by Crippen LogP contribution is -2.49. The molecule has 1 aliphatic heterocycles. The Morgan fingerprint density at radius 3 is 2.54 bits per heavy atom. The van der Waals surface area contributed by atoms with Crippen LogP contribution in [0.2, 0.25) is 5.02 Å². The molecular weight excluding hydrogens is 328 g/mol. The average Bonchev–Trinajstić information content (AvgIpc) is 3.01. The van der Waals surface area contributed by atoms with E-state index in [0.717, 1.165) is 12.1 Å². The molecule has 0 bridgehead atoms. The van der Waals surface area contributed by atoms with Crippen LogP contribution in [0.3, 0.4) is 0 Å². The molecule has 3 rings (SSSR count). The second-order valence-corrected chi connectivity index (χ2v) is 6.78. The lowest BCUT2D eigenvalue weighted by Gasteiger charge is -2.33. The summed E-state index contributed by atoms with van der Waals surface area (Å²) in [6, 6.07) is 7.60. The van der Waals surface area contributed by atoms with Gasteiger partial charge in [0.25, 0.3) is 0 Å². The number of carbonyl (C=O) groups excluding carboxylic acids is 1. The quantitative estimate of drug-likeness (QED) is 0.831. The van der Waals surface area contributed by atoms with Gasteiger partial charge in [-0.15, -0.1) is 10.2 Å². The summed E-state index contributed by atoms with van der Waals surface area (Å²) in [6.07, 6.45) is 0. The molecule has 2 aromatic rings. The van der Waals surface area contributed by atoms with Gasteiger partial charge in [0.1, 0.15) is 0 Å². The lowest BCUT2D eigenvalue weighted by molar-refractivity contribution is -0.137. The average molecular weight is 349 g/mol. The van der Waals surface area contributed by atoms with E-state index < -0.39 is 0 Å². The van der Waals surface area contributed by atoms with Crippen molar-refractivity contribution in [2.24, 2.45) is 0 Å². The first-order chi connectivity index (χ1) is 11.5. The molecule has 2 heterocycles. The van der Waals surface area contributed by atoms with Crippen LogP contribution in [-0.2, 0) is 17.9 Å². The highest BCUT2D eigenvalue weighted by atomic mass is 35.5. The van der Waals surface area contributed by atoms with Gasteiger partial charge in [-0.1, -0.05) is 37.6 Å². The van der Waals surface area contributed by atoms with Gasteiger partial charge in [-0.3, -0.25) is 9.69 Å². The van der Waals surface area contributed by atoms with E-state index >= 15 is 0 Å². The highest BCUT2D eigenvalue weighted by Gasteiger charge is 2.25. The Kier molecular flexibility index (Phi) is 5.16. The maximum atomic E-state index is 12.4. The molecule has 6 nitrogen and oxygen atoms in total. The first-order valence-electron chi connectivity index (χ1n) is 8.08. The molecule has 0 radical (unpaired) electrons. The van der Waals surface area contributed by atoms with Crippen molar-refractivity contribution < 1.29 is 9.21 Å². The number of benzene rings is 1. The van der Waals surface area contributed by atoms with Crippen molar-refractivity contribution >= 4 is 17.5 Å². The topological polar surface area (TPSA) is 62.5 Å². The fourth-order valence-electron chi connectivity index (χ4n) is 2.62. The van der Waals surface area contributed by atoms with Crippen molar-refractivity contribution in [2.75, 3.05) is 19.6 Å². The van der Waals surface area contributed by atoms with Crippen LogP contribution >= 0.6 is 11.6 Å². The Bertz CT molecular complexity index is 699. The fraction of sp³-hybridized carbons (Fsp3) is 0.471. The summed E-state index contributed by atoms with van der Waals surface area (Å²) in [4.78, 5) is 16.3. The van der Waals surface area contributed by atoms with Crippen molar-refractivity contribution in [3.63, 3.8) is 0 Å². The second kappa shape index (κ2) is 7.32. The molecule has 1 aliphatic rings. The normalized spacial score (nSPS) is 16.2.